The Hall–Kier alpha value is -2.37. The molecule has 3 aromatic rings. The number of hydrogen-bond acceptors (Lipinski definition) is 8. The fraction of sp³-hybridized carbons (Fsp3) is 0.476. The molecule has 2 saturated heterocycles. The van der Waals surface area contributed by atoms with Crippen LogP contribution in [0.3, 0.4) is 0 Å². The first-order chi connectivity index (χ1) is 15.4. The number of aryl methyl sites for hydroxylation is 1. The number of nitrogens with zero attached hydrogens (tertiary/aromatic N) is 5. The van der Waals surface area contributed by atoms with Crippen LogP contribution in [0.4, 0.5) is 10.2 Å². The van der Waals surface area contributed by atoms with Crippen molar-refractivity contribution in [1.29, 1.82) is 0 Å². The molecule has 2 aromatic heterocycles. The number of fused-ring (bicyclic) bond motifs is 3. The van der Waals surface area contributed by atoms with E-state index < -0.39 is 31.1 Å². The molecule has 3 N–H and O–H groups in total. The summed E-state index contributed by atoms with van der Waals surface area (Å²) >= 11 is 6.22. The van der Waals surface area contributed by atoms with Crippen LogP contribution in [0.25, 0.3) is 11.2 Å². The molecule has 6 rings (SSSR count). The van der Waals surface area contributed by atoms with Crippen LogP contribution in [0.1, 0.15) is 23.8 Å². The van der Waals surface area contributed by atoms with Crippen molar-refractivity contribution in [3.05, 3.63) is 46.8 Å². The summed E-state index contributed by atoms with van der Waals surface area (Å²) in [6, 6.07) is 5.25. The summed E-state index contributed by atoms with van der Waals surface area (Å²) in [6.45, 7) is 0.740. The van der Waals surface area contributed by atoms with Gasteiger partial charge in [0.2, 0.25) is 5.28 Å². The molecule has 9 nitrogen and oxygen atoms in total. The Morgan fingerprint density at radius 2 is 2.03 bits per heavy atom. The van der Waals surface area contributed by atoms with Crippen molar-refractivity contribution in [2.24, 2.45) is 0 Å². The van der Waals surface area contributed by atoms with Crippen LogP contribution in [0.5, 0.6) is 0 Å². The van der Waals surface area contributed by atoms with Gasteiger partial charge >= 0.3 is 0 Å². The van der Waals surface area contributed by atoms with Crippen LogP contribution in [-0.2, 0) is 16.6 Å². The lowest BCUT2D eigenvalue weighted by Gasteiger charge is -2.49. The topological polar surface area (TPSA) is 117 Å². The molecule has 168 valence electrons. The number of halogens is 2. The summed E-state index contributed by atoms with van der Waals surface area (Å²) in [7, 11) is 0. The maximum absolute atomic E-state index is 14.6. The number of aromatic nitrogens is 4. The van der Waals surface area contributed by atoms with Gasteiger partial charge in [0.25, 0.3) is 0 Å². The molecular weight excluding hydrogens is 441 g/mol. The normalized spacial score (nSPS) is 28.5. The number of aliphatic hydroxyl groups excluding tert-OH is 3. The zero-order valence-electron chi connectivity index (χ0n) is 16.9. The SMILES string of the molecule is OC[C@H]1O[C@@H](n2cnc3c(N4CC5(CCc6cccc(F)c65)C4)nc(Cl)nc32)[C@@H](O)C1O. The lowest BCUT2D eigenvalue weighted by molar-refractivity contribution is -0.0511. The fourth-order valence-electron chi connectivity index (χ4n) is 5.41. The third-order valence-electron chi connectivity index (χ3n) is 6.96. The highest BCUT2D eigenvalue weighted by Crippen LogP contribution is 2.48. The zero-order valence-corrected chi connectivity index (χ0v) is 17.7. The van der Waals surface area contributed by atoms with E-state index in [1.165, 1.54) is 17.0 Å². The minimum atomic E-state index is -1.27. The van der Waals surface area contributed by atoms with E-state index in [9.17, 15) is 19.7 Å². The van der Waals surface area contributed by atoms with E-state index in [-0.39, 0.29) is 16.5 Å². The second-order valence-corrected chi connectivity index (χ2v) is 9.12. The Morgan fingerprint density at radius 1 is 1.22 bits per heavy atom. The number of hydrogen-bond donors (Lipinski definition) is 3. The predicted octanol–water partition coefficient (Wildman–Crippen LogP) is 0.935. The molecule has 0 amide bonds. The van der Waals surface area contributed by atoms with E-state index in [0.717, 1.165) is 24.0 Å². The Labute approximate surface area is 187 Å². The summed E-state index contributed by atoms with van der Waals surface area (Å²) in [4.78, 5) is 15.1. The van der Waals surface area contributed by atoms with E-state index in [2.05, 4.69) is 15.0 Å². The van der Waals surface area contributed by atoms with Gasteiger partial charge in [0.15, 0.2) is 23.2 Å². The van der Waals surface area contributed by atoms with Crippen LogP contribution in [0.2, 0.25) is 5.28 Å². The lowest BCUT2D eigenvalue weighted by Crippen LogP contribution is -2.59. The van der Waals surface area contributed by atoms with Crippen LogP contribution < -0.4 is 4.90 Å². The quantitative estimate of drug-likeness (QED) is 0.493. The summed E-state index contributed by atoms with van der Waals surface area (Å²) in [5.74, 6) is 0.361. The van der Waals surface area contributed by atoms with Gasteiger partial charge in [-0.05, 0) is 36.1 Å². The summed E-state index contributed by atoms with van der Waals surface area (Å²) < 4.78 is 21.7. The maximum atomic E-state index is 14.6. The average molecular weight is 462 g/mol. The van der Waals surface area contributed by atoms with Crippen LogP contribution in [0, 0.1) is 5.82 Å². The molecule has 1 unspecified atom stereocenters. The van der Waals surface area contributed by atoms with Gasteiger partial charge in [-0.25, -0.2) is 9.37 Å². The standard InChI is InChI=1S/C21H21ClFN5O4/c22-20-25-17(27-7-21(8-27)5-4-10-2-1-3-11(23)13(10)21)14-18(26-20)28(9-24-14)19-16(31)15(30)12(6-29)32-19/h1-3,9,12,15-16,19,29-31H,4-8H2/t12-,15?,16+,19-/m1/s1. The summed E-state index contributed by atoms with van der Waals surface area (Å²) in [5, 5.41) is 29.9. The molecular formula is C21H21ClFN5O4. The van der Waals surface area contributed by atoms with E-state index in [1.54, 1.807) is 6.07 Å². The molecule has 2 aliphatic heterocycles. The van der Waals surface area contributed by atoms with Crippen molar-refractivity contribution in [3.8, 4) is 0 Å². The Morgan fingerprint density at radius 3 is 2.78 bits per heavy atom. The molecule has 0 saturated carbocycles. The van der Waals surface area contributed by atoms with Gasteiger partial charge in [0, 0.05) is 24.1 Å². The summed E-state index contributed by atoms with van der Waals surface area (Å²) in [6.07, 6.45) is -1.25. The van der Waals surface area contributed by atoms with Crippen LogP contribution in [0.15, 0.2) is 24.5 Å². The van der Waals surface area contributed by atoms with E-state index in [0.29, 0.717) is 30.1 Å². The number of aliphatic hydroxyl groups is 3. The second kappa shape index (κ2) is 7.06. The molecule has 1 aromatic carbocycles. The molecule has 0 radical (unpaired) electrons. The van der Waals surface area contributed by atoms with E-state index >= 15 is 0 Å². The van der Waals surface area contributed by atoms with Crippen molar-refractivity contribution >= 4 is 28.6 Å². The largest absolute Gasteiger partial charge is 0.394 e. The van der Waals surface area contributed by atoms with Gasteiger partial charge in [0.05, 0.1) is 12.9 Å². The molecule has 1 aliphatic carbocycles. The predicted molar refractivity (Wildman–Crippen MR) is 112 cm³/mol. The molecule has 4 heterocycles. The van der Waals surface area contributed by atoms with E-state index in [4.69, 9.17) is 16.3 Å². The Kier molecular flexibility index (Phi) is 4.47. The molecule has 4 atom stereocenters. The number of imidazole rings is 1. The highest BCUT2D eigenvalue weighted by Gasteiger charge is 2.51. The van der Waals surface area contributed by atoms with E-state index in [1.807, 2.05) is 11.0 Å². The first kappa shape index (κ1) is 20.3. The van der Waals surface area contributed by atoms with Gasteiger partial charge in [-0.1, -0.05) is 12.1 Å². The monoisotopic (exact) mass is 461 g/mol. The number of ether oxygens (including phenoxy) is 1. The molecule has 11 heteroatoms. The minimum absolute atomic E-state index is 0.0000500. The third kappa shape index (κ3) is 2.74. The highest BCUT2D eigenvalue weighted by molar-refractivity contribution is 6.28. The molecule has 32 heavy (non-hydrogen) atoms. The molecule has 3 aliphatic rings. The first-order valence-corrected chi connectivity index (χ1v) is 10.8. The van der Waals surface area contributed by atoms with Crippen molar-refractivity contribution in [1.82, 2.24) is 19.5 Å². The van der Waals surface area contributed by atoms with Gasteiger partial charge in [-0.3, -0.25) is 4.57 Å². The van der Waals surface area contributed by atoms with Crippen LogP contribution >= 0.6 is 11.6 Å². The first-order valence-electron chi connectivity index (χ1n) is 10.5. The number of benzene rings is 1. The number of anilines is 1. The Bertz CT molecular complexity index is 1220. The van der Waals surface area contributed by atoms with Gasteiger partial charge < -0.3 is 25.0 Å². The van der Waals surface area contributed by atoms with Gasteiger partial charge in [-0.2, -0.15) is 9.97 Å². The fourth-order valence-corrected chi connectivity index (χ4v) is 5.57. The van der Waals surface area contributed by atoms with Crippen molar-refractivity contribution < 1.29 is 24.4 Å². The average Bonchev–Trinajstić information content (AvgIpc) is 3.42. The van der Waals surface area contributed by atoms with Crippen molar-refractivity contribution in [3.63, 3.8) is 0 Å². The van der Waals surface area contributed by atoms with Gasteiger partial charge in [-0.15, -0.1) is 0 Å². The molecule has 2 fully saturated rings. The second-order valence-electron chi connectivity index (χ2n) is 8.78. The minimum Gasteiger partial charge on any atom is -0.394 e. The van der Waals surface area contributed by atoms with Crippen molar-refractivity contribution in [2.45, 2.75) is 42.8 Å². The number of rotatable bonds is 3. The lowest BCUT2D eigenvalue weighted by atomic mass is 9.74. The third-order valence-corrected chi connectivity index (χ3v) is 7.13. The van der Waals surface area contributed by atoms with Crippen LogP contribution in [-0.4, -0.2) is 72.8 Å². The zero-order chi connectivity index (χ0) is 22.2. The maximum Gasteiger partial charge on any atom is 0.226 e. The Balaban J connectivity index is 1.35. The molecule has 0 bridgehead atoms. The molecule has 1 spiro atoms. The van der Waals surface area contributed by atoms with Gasteiger partial charge in [0.1, 0.15) is 24.1 Å². The summed E-state index contributed by atoms with van der Waals surface area (Å²) in [5.41, 5.74) is 2.41. The smallest absolute Gasteiger partial charge is 0.226 e. The van der Waals surface area contributed by atoms with Crippen molar-refractivity contribution in [2.75, 3.05) is 24.6 Å². The highest BCUT2D eigenvalue weighted by atomic mass is 35.5.